The highest BCUT2D eigenvalue weighted by atomic mass is 32.2. The fourth-order valence-electron chi connectivity index (χ4n) is 2.60. The lowest BCUT2D eigenvalue weighted by molar-refractivity contribution is -0.383. The highest BCUT2D eigenvalue weighted by molar-refractivity contribution is 7.91. The predicted molar refractivity (Wildman–Crippen MR) is 82.2 cm³/mol. The van der Waals surface area contributed by atoms with E-state index < -0.39 is 14.9 Å². The van der Waals surface area contributed by atoms with Gasteiger partial charge >= 0.3 is 5.69 Å². The van der Waals surface area contributed by atoms with Crippen LogP contribution in [0.3, 0.4) is 0 Å². The summed E-state index contributed by atoms with van der Waals surface area (Å²) in [5.41, 5.74) is -0.212. The number of nitrogens with zero attached hydrogens (tertiary/aromatic N) is 1. The van der Waals surface area contributed by atoms with Crippen molar-refractivity contribution < 1.29 is 13.3 Å². The summed E-state index contributed by atoms with van der Waals surface area (Å²) in [4.78, 5) is 10.3. The van der Waals surface area contributed by atoms with E-state index in [1.54, 1.807) is 0 Å². The molecule has 0 amide bonds. The Labute approximate surface area is 127 Å². The van der Waals surface area contributed by atoms with Crippen LogP contribution in [0.2, 0.25) is 0 Å². The van der Waals surface area contributed by atoms with Gasteiger partial charge in [0.2, 0.25) is 0 Å². The van der Waals surface area contributed by atoms with E-state index in [-0.39, 0.29) is 26.9 Å². The third-order valence-electron chi connectivity index (χ3n) is 4.15. The van der Waals surface area contributed by atoms with Crippen molar-refractivity contribution in [2.75, 3.05) is 12.4 Å². The molecule has 1 aliphatic rings. The summed E-state index contributed by atoms with van der Waals surface area (Å²) in [6.07, 6.45) is 1.79. The SMILES string of the molecule is CNc1sc(S(=O)(=O)NC2CCC(C)C2C)cc1[N+](=O)[O-]. The first kappa shape index (κ1) is 16.2. The second-order valence-electron chi connectivity index (χ2n) is 5.43. The van der Waals surface area contributed by atoms with Crippen molar-refractivity contribution in [2.24, 2.45) is 11.8 Å². The molecule has 1 saturated carbocycles. The van der Waals surface area contributed by atoms with E-state index in [2.05, 4.69) is 17.0 Å². The third-order valence-corrected chi connectivity index (χ3v) is 7.26. The van der Waals surface area contributed by atoms with Crippen molar-refractivity contribution in [1.82, 2.24) is 4.72 Å². The average Bonchev–Trinajstić information content (AvgIpc) is 2.98. The van der Waals surface area contributed by atoms with Crippen LogP contribution >= 0.6 is 11.3 Å². The molecule has 1 fully saturated rings. The first-order valence-corrected chi connectivity index (χ1v) is 9.04. The molecular weight excluding hydrogens is 314 g/mol. The molecule has 3 atom stereocenters. The second kappa shape index (κ2) is 5.90. The summed E-state index contributed by atoms with van der Waals surface area (Å²) in [5, 5.41) is 13.8. The van der Waals surface area contributed by atoms with Crippen molar-refractivity contribution in [1.29, 1.82) is 0 Å². The number of hydrogen-bond acceptors (Lipinski definition) is 6. The second-order valence-corrected chi connectivity index (χ2v) is 8.42. The van der Waals surface area contributed by atoms with Gasteiger partial charge in [-0.15, -0.1) is 0 Å². The van der Waals surface area contributed by atoms with Gasteiger partial charge in [0.05, 0.1) is 4.92 Å². The molecule has 2 rings (SSSR count). The van der Waals surface area contributed by atoms with Gasteiger partial charge in [-0.05, 0) is 24.7 Å². The predicted octanol–water partition coefficient (Wildman–Crippen LogP) is 2.41. The Morgan fingerprint density at radius 3 is 2.48 bits per heavy atom. The maximum Gasteiger partial charge on any atom is 0.304 e. The largest absolute Gasteiger partial charge is 0.374 e. The van der Waals surface area contributed by atoms with Crippen LogP contribution < -0.4 is 10.0 Å². The monoisotopic (exact) mass is 333 g/mol. The van der Waals surface area contributed by atoms with Crippen LogP contribution in [0.1, 0.15) is 26.7 Å². The Morgan fingerprint density at radius 1 is 1.38 bits per heavy atom. The summed E-state index contributed by atoms with van der Waals surface area (Å²) in [6.45, 7) is 4.13. The summed E-state index contributed by atoms with van der Waals surface area (Å²) < 4.78 is 27.5. The zero-order valence-corrected chi connectivity index (χ0v) is 13.8. The number of sulfonamides is 1. The number of rotatable bonds is 5. The van der Waals surface area contributed by atoms with E-state index in [4.69, 9.17) is 0 Å². The Bertz CT molecular complexity index is 641. The van der Waals surface area contributed by atoms with Crippen LogP contribution in [0.5, 0.6) is 0 Å². The van der Waals surface area contributed by atoms with Gasteiger partial charge in [-0.25, -0.2) is 13.1 Å². The van der Waals surface area contributed by atoms with Crippen molar-refractivity contribution in [3.05, 3.63) is 16.2 Å². The molecule has 1 aliphatic carbocycles. The summed E-state index contributed by atoms with van der Waals surface area (Å²) in [5.74, 6) is 0.738. The van der Waals surface area contributed by atoms with Crippen LogP contribution in [0, 0.1) is 22.0 Å². The van der Waals surface area contributed by atoms with E-state index in [1.165, 1.54) is 7.05 Å². The minimum absolute atomic E-state index is 0.0229. The van der Waals surface area contributed by atoms with Gasteiger partial charge in [0, 0.05) is 19.2 Å². The maximum atomic E-state index is 12.4. The van der Waals surface area contributed by atoms with E-state index in [0.717, 1.165) is 30.2 Å². The smallest absolute Gasteiger partial charge is 0.304 e. The van der Waals surface area contributed by atoms with Gasteiger partial charge in [-0.2, -0.15) is 0 Å². The molecule has 3 unspecified atom stereocenters. The first-order valence-electron chi connectivity index (χ1n) is 6.74. The number of anilines is 1. The molecule has 0 bridgehead atoms. The van der Waals surface area contributed by atoms with Crippen molar-refractivity contribution >= 4 is 32.0 Å². The maximum absolute atomic E-state index is 12.4. The Hall–Kier alpha value is -1.19. The molecule has 0 radical (unpaired) electrons. The van der Waals surface area contributed by atoms with Crippen LogP contribution in [-0.4, -0.2) is 26.4 Å². The normalized spacial score (nSPS) is 26.0. The molecule has 0 spiro atoms. The molecule has 0 saturated heterocycles. The fourth-order valence-corrected chi connectivity index (χ4v) is 5.25. The summed E-state index contributed by atoms with van der Waals surface area (Å²) in [7, 11) is -2.19. The Kier molecular flexibility index (Phi) is 4.54. The van der Waals surface area contributed by atoms with E-state index >= 15 is 0 Å². The van der Waals surface area contributed by atoms with E-state index in [9.17, 15) is 18.5 Å². The number of nitrogens with one attached hydrogen (secondary N) is 2. The molecule has 0 aliphatic heterocycles. The van der Waals surface area contributed by atoms with E-state index in [0.29, 0.717) is 5.92 Å². The van der Waals surface area contributed by atoms with Crippen LogP contribution in [0.25, 0.3) is 0 Å². The first-order chi connectivity index (χ1) is 9.76. The van der Waals surface area contributed by atoms with Crippen molar-refractivity contribution in [2.45, 2.75) is 36.9 Å². The molecule has 7 nitrogen and oxygen atoms in total. The summed E-state index contributed by atoms with van der Waals surface area (Å²) in [6, 6.07) is 1.01. The van der Waals surface area contributed by atoms with Crippen LogP contribution in [0.4, 0.5) is 10.7 Å². The Morgan fingerprint density at radius 2 is 2.05 bits per heavy atom. The van der Waals surface area contributed by atoms with Gasteiger partial charge in [-0.3, -0.25) is 10.1 Å². The van der Waals surface area contributed by atoms with Crippen LogP contribution in [0.15, 0.2) is 10.3 Å². The Balaban J connectivity index is 2.26. The fraction of sp³-hybridized carbons (Fsp3) is 0.667. The zero-order valence-electron chi connectivity index (χ0n) is 12.1. The lowest BCUT2D eigenvalue weighted by Gasteiger charge is -2.18. The topological polar surface area (TPSA) is 101 Å². The number of thiophene rings is 1. The lowest BCUT2D eigenvalue weighted by atomic mass is 9.98. The third kappa shape index (κ3) is 3.19. The molecule has 2 N–H and O–H groups in total. The summed E-state index contributed by atoms with van der Waals surface area (Å²) >= 11 is 0.877. The van der Waals surface area contributed by atoms with Crippen molar-refractivity contribution in [3.63, 3.8) is 0 Å². The molecule has 0 aromatic carbocycles. The highest BCUT2D eigenvalue weighted by Gasteiger charge is 2.34. The molecule has 118 valence electrons. The molecular formula is C12H19N3O4S2. The molecule has 21 heavy (non-hydrogen) atoms. The molecule has 1 heterocycles. The van der Waals surface area contributed by atoms with Gasteiger partial charge in [-0.1, -0.05) is 25.2 Å². The zero-order chi connectivity index (χ0) is 15.8. The van der Waals surface area contributed by atoms with Crippen LogP contribution in [-0.2, 0) is 10.0 Å². The van der Waals surface area contributed by atoms with E-state index in [1.807, 2.05) is 6.92 Å². The lowest BCUT2D eigenvalue weighted by Crippen LogP contribution is -2.36. The molecule has 1 aromatic heterocycles. The van der Waals surface area contributed by atoms with Crippen molar-refractivity contribution in [3.8, 4) is 0 Å². The van der Waals surface area contributed by atoms with Gasteiger partial charge in [0.1, 0.15) is 4.21 Å². The number of hydrogen-bond donors (Lipinski definition) is 2. The van der Waals surface area contributed by atoms with Gasteiger partial charge < -0.3 is 5.32 Å². The minimum Gasteiger partial charge on any atom is -0.374 e. The standard InChI is InChI=1S/C12H19N3O4S2/c1-7-4-5-9(8(7)2)14-21(18,19)11-6-10(15(16)17)12(13-3)20-11/h6-9,13-14H,4-5H2,1-3H3. The molecule has 1 aromatic rings. The average molecular weight is 333 g/mol. The van der Waals surface area contributed by atoms with Gasteiger partial charge in [0.25, 0.3) is 10.0 Å². The quantitative estimate of drug-likeness (QED) is 0.636. The minimum atomic E-state index is -3.72. The van der Waals surface area contributed by atoms with Gasteiger partial charge in [0.15, 0.2) is 5.00 Å². The molecule has 9 heteroatoms. The highest BCUT2D eigenvalue weighted by Crippen LogP contribution is 2.38. The number of nitro groups is 1.